The third kappa shape index (κ3) is 4.16. The highest BCUT2D eigenvalue weighted by molar-refractivity contribution is 5.73. The number of nitrogens with zero attached hydrogens (tertiary/aromatic N) is 2. The first-order valence-corrected chi connectivity index (χ1v) is 7.51. The van der Waals surface area contributed by atoms with Gasteiger partial charge in [0.1, 0.15) is 6.04 Å². The van der Waals surface area contributed by atoms with Crippen molar-refractivity contribution in [1.29, 1.82) is 0 Å². The van der Waals surface area contributed by atoms with Gasteiger partial charge in [0.05, 0.1) is 0 Å². The molecule has 0 aromatic heterocycles. The smallest absolute Gasteiger partial charge is 0.322 e. The fraction of sp³-hybridized carbons (Fsp3) is 0.929. The first kappa shape index (κ1) is 14.8. The summed E-state index contributed by atoms with van der Waals surface area (Å²) in [7, 11) is 0. The van der Waals surface area contributed by atoms with Crippen molar-refractivity contribution in [2.75, 3.05) is 32.7 Å². The molecule has 2 fully saturated rings. The molecule has 2 unspecified atom stereocenters. The standard InChI is InChI=1S/C14H27N3O2/c1-11(2)15-13(14(18)19)10-16-6-4-8-17-7-3-5-12(17)9-16/h11-13,15H,3-10H2,1-2H3,(H,18,19). The molecule has 0 amide bonds. The first-order chi connectivity index (χ1) is 9.06. The molecule has 2 aliphatic heterocycles. The normalized spacial score (nSPS) is 27.2. The van der Waals surface area contributed by atoms with E-state index >= 15 is 0 Å². The van der Waals surface area contributed by atoms with E-state index < -0.39 is 12.0 Å². The second kappa shape index (κ2) is 6.68. The Morgan fingerprint density at radius 1 is 1.32 bits per heavy atom. The Kier molecular flexibility index (Phi) is 5.19. The van der Waals surface area contributed by atoms with E-state index in [9.17, 15) is 9.90 Å². The fourth-order valence-electron chi connectivity index (χ4n) is 3.31. The number of hydrogen-bond acceptors (Lipinski definition) is 4. The average molecular weight is 269 g/mol. The zero-order valence-corrected chi connectivity index (χ0v) is 12.1. The highest BCUT2D eigenvalue weighted by Gasteiger charge is 2.30. The van der Waals surface area contributed by atoms with Gasteiger partial charge in [0.2, 0.25) is 0 Å². The minimum atomic E-state index is -0.735. The molecule has 0 saturated carbocycles. The maximum Gasteiger partial charge on any atom is 0.322 e. The van der Waals surface area contributed by atoms with E-state index in [0.29, 0.717) is 12.6 Å². The van der Waals surface area contributed by atoms with Crippen molar-refractivity contribution in [3.05, 3.63) is 0 Å². The van der Waals surface area contributed by atoms with Gasteiger partial charge in [-0.1, -0.05) is 13.8 Å². The van der Waals surface area contributed by atoms with E-state index in [-0.39, 0.29) is 6.04 Å². The predicted octanol–water partition coefficient (Wildman–Crippen LogP) is 0.608. The monoisotopic (exact) mass is 269 g/mol. The summed E-state index contributed by atoms with van der Waals surface area (Å²) in [5, 5.41) is 12.5. The molecule has 2 saturated heterocycles. The van der Waals surface area contributed by atoms with Crippen molar-refractivity contribution in [2.24, 2.45) is 0 Å². The lowest BCUT2D eigenvalue weighted by Gasteiger charge is -2.28. The summed E-state index contributed by atoms with van der Waals surface area (Å²) in [5.74, 6) is -0.735. The number of fused-ring (bicyclic) bond motifs is 1. The number of carboxylic acid groups (broad SMARTS) is 1. The van der Waals surface area contributed by atoms with Crippen molar-refractivity contribution in [3.63, 3.8) is 0 Å². The van der Waals surface area contributed by atoms with Crippen LogP contribution in [-0.2, 0) is 4.79 Å². The Labute approximate surface area is 115 Å². The minimum absolute atomic E-state index is 0.205. The zero-order chi connectivity index (χ0) is 13.8. The van der Waals surface area contributed by atoms with Gasteiger partial charge in [-0.3, -0.25) is 14.6 Å². The molecule has 0 aromatic rings. The molecule has 5 nitrogen and oxygen atoms in total. The van der Waals surface area contributed by atoms with Crippen LogP contribution >= 0.6 is 0 Å². The van der Waals surface area contributed by atoms with Crippen molar-refractivity contribution in [2.45, 2.75) is 51.2 Å². The van der Waals surface area contributed by atoms with Gasteiger partial charge in [0.25, 0.3) is 0 Å². The average Bonchev–Trinajstić information content (AvgIpc) is 2.67. The van der Waals surface area contributed by atoms with E-state index in [1.54, 1.807) is 0 Å². The van der Waals surface area contributed by atoms with Crippen LogP contribution in [0.1, 0.15) is 33.1 Å². The van der Waals surface area contributed by atoms with Crippen LogP contribution < -0.4 is 5.32 Å². The van der Waals surface area contributed by atoms with Gasteiger partial charge in [-0.05, 0) is 38.9 Å². The maximum atomic E-state index is 11.3. The second-order valence-corrected chi connectivity index (χ2v) is 6.16. The summed E-state index contributed by atoms with van der Waals surface area (Å²) in [6, 6.07) is 0.403. The minimum Gasteiger partial charge on any atom is -0.480 e. The third-order valence-corrected chi connectivity index (χ3v) is 4.16. The molecular formula is C14H27N3O2. The lowest BCUT2D eigenvalue weighted by molar-refractivity contribution is -0.140. The quantitative estimate of drug-likeness (QED) is 0.766. The van der Waals surface area contributed by atoms with Crippen molar-refractivity contribution < 1.29 is 9.90 Å². The Hall–Kier alpha value is -0.650. The molecular weight excluding hydrogens is 242 g/mol. The summed E-state index contributed by atoms with van der Waals surface area (Å²) in [5.41, 5.74) is 0. The number of aliphatic carboxylic acids is 1. The second-order valence-electron chi connectivity index (χ2n) is 6.16. The molecule has 2 heterocycles. The SMILES string of the molecule is CC(C)NC(CN1CCCN2CCCC2C1)C(=O)O. The van der Waals surface area contributed by atoms with Crippen LogP contribution in [0.2, 0.25) is 0 Å². The van der Waals surface area contributed by atoms with E-state index in [1.165, 1.54) is 25.9 Å². The number of nitrogens with one attached hydrogen (secondary N) is 1. The molecule has 0 aromatic carbocycles. The van der Waals surface area contributed by atoms with Crippen LogP contribution in [0.4, 0.5) is 0 Å². The van der Waals surface area contributed by atoms with E-state index in [2.05, 4.69) is 15.1 Å². The van der Waals surface area contributed by atoms with E-state index in [0.717, 1.165) is 19.5 Å². The topological polar surface area (TPSA) is 55.8 Å². The number of rotatable bonds is 5. The molecule has 2 N–H and O–H groups in total. The molecule has 110 valence electrons. The number of carbonyl (C=O) groups is 1. The van der Waals surface area contributed by atoms with E-state index in [4.69, 9.17) is 0 Å². The Bertz CT molecular complexity index is 309. The molecule has 0 aliphatic carbocycles. The largest absolute Gasteiger partial charge is 0.480 e. The molecule has 0 radical (unpaired) electrons. The van der Waals surface area contributed by atoms with Gasteiger partial charge in [-0.15, -0.1) is 0 Å². The maximum absolute atomic E-state index is 11.3. The van der Waals surface area contributed by atoms with Crippen molar-refractivity contribution in [1.82, 2.24) is 15.1 Å². The van der Waals surface area contributed by atoms with Gasteiger partial charge in [-0.25, -0.2) is 0 Å². The predicted molar refractivity (Wildman–Crippen MR) is 75.3 cm³/mol. The molecule has 19 heavy (non-hydrogen) atoms. The summed E-state index contributed by atoms with van der Waals surface area (Å²) >= 11 is 0. The summed E-state index contributed by atoms with van der Waals surface area (Å²) in [4.78, 5) is 16.2. The number of carboxylic acids is 1. The van der Waals surface area contributed by atoms with Crippen molar-refractivity contribution in [3.8, 4) is 0 Å². The Morgan fingerprint density at radius 2 is 2.05 bits per heavy atom. The van der Waals surface area contributed by atoms with Gasteiger partial charge in [0, 0.05) is 25.2 Å². The fourth-order valence-corrected chi connectivity index (χ4v) is 3.31. The summed E-state index contributed by atoms with van der Waals surface area (Å²) < 4.78 is 0. The highest BCUT2D eigenvalue weighted by atomic mass is 16.4. The van der Waals surface area contributed by atoms with Crippen LogP contribution in [0.15, 0.2) is 0 Å². The van der Waals surface area contributed by atoms with Crippen LogP contribution in [0.25, 0.3) is 0 Å². The van der Waals surface area contributed by atoms with Crippen molar-refractivity contribution >= 4 is 5.97 Å². The highest BCUT2D eigenvalue weighted by Crippen LogP contribution is 2.21. The molecule has 0 bridgehead atoms. The lowest BCUT2D eigenvalue weighted by Crippen LogP contribution is -2.50. The molecule has 2 rings (SSSR count). The number of hydrogen-bond donors (Lipinski definition) is 2. The Balaban J connectivity index is 1.90. The summed E-state index contributed by atoms with van der Waals surface area (Å²) in [6.07, 6.45) is 3.72. The van der Waals surface area contributed by atoms with Gasteiger partial charge >= 0.3 is 5.97 Å². The summed E-state index contributed by atoms with van der Waals surface area (Å²) in [6.45, 7) is 9.08. The van der Waals surface area contributed by atoms with E-state index in [1.807, 2.05) is 13.8 Å². The molecule has 0 spiro atoms. The molecule has 2 atom stereocenters. The zero-order valence-electron chi connectivity index (χ0n) is 12.1. The van der Waals surface area contributed by atoms with Crippen LogP contribution in [0.3, 0.4) is 0 Å². The Morgan fingerprint density at radius 3 is 2.74 bits per heavy atom. The van der Waals surface area contributed by atoms with Crippen LogP contribution in [-0.4, -0.2) is 71.7 Å². The van der Waals surface area contributed by atoms with Crippen LogP contribution in [0.5, 0.6) is 0 Å². The third-order valence-electron chi connectivity index (χ3n) is 4.16. The lowest BCUT2D eigenvalue weighted by atomic mass is 10.2. The van der Waals surface area contributed by atoms with Gasteiger partial charge < -0.3 is 10.4 Å². The van der Waals surface area contributed by atoms with Gasteiger partial charge in [-0.2, -0.15) is 0 Å². The van der Waals surface area contributed by atoms with Gasteiger partial charge in [0.15, 0.2) is 0 Å². The molecule has 2 aliphatic rings. The molecule has 5 heteroatoms. The first-order valence-electron chi connectivity index (χ1n) is 7.51. The van der Waals surface area contributed by atoms with Crippen LogP contribution in [0, 0.1) is 0 Å².